The van der Waals surface area contributed by atoms with Crippen LogP contribution in [0.2, 0.25) is 0 Å². The number of hydrogen-bond donors (Lipinski definition) is 3. The van der Waals surface area contributed by atoms with Gasteiger partial charge in [0.05, 0.1) is 24.5 Å². The molecular formula is C32H42N6O3. The highest BCUT2D eigenvalue weighted by atomic mass is 16.2. The number of Topliss-reactive ketones (excluding diaryl/α,β-unsaturated/α-hetero) is 1. The van der Waals surface area contributed by atoms with E-state index in [-0.39, 0.29) is 29.7 Å². The average molecular weight is 559 g/mol. The van der Waals surface area contributed by atoms with Gasteiger partial charge in [0, 0.05) is 24.1 Å². The van der Waals surface area contributed by atoms with E-state index in [0.717, 1.165) is 60.5 Å². The van der Waals surface area contributed by atoms with Crippen molar-refractivity contribution in [3.05, 3.63) is 71.4 Å². The number of carbonyl (C=O) groups is 3. The number of nitrogens with zero attached hydrogens (tertiary/aromatic N) is 3. The van der Waals surface area contributed by atoms with Crippen molar-refractivity contribution in [2.24, 2.45) is 5.92 Å². The second-order valence-corrected chi connectivity index (χ2v) is 12.0. The summed E-state index contributed by atoms with van der Waals surface area (Å²) in [7, 11) is 0. The highest BCUT2D eigenvalue weighted by Gasteiger charge is 2.24. The standard InChI is InChI=1S/C32H42N6O3/c1-22-10-12-26(13-11-22)38-30(19-29(36-38)32(3,4)5)35-31(41)34-28-9-7-6-8-25(28)18-24-14-16-37(17-15-24)21-27(40)20-33-23(2)39/h6-13,19,24H,14-18,20-21H2,1-5H3,(H,33,39)(H2,34,35,41). The molecule has 1 aliphatic heterocycles. The van der Waals surface area contributed by atoms with Gasteiger partial charge >= 0.3 is 6.03 Å². The Kier molecular flexibility index (Phi) is 9.60. The van der Waals surface area contributed by atoms with Gasteiger partial charge in [-0.1, -0.05) is 56.7 Å². The predicted molar refractivity (Wildman–Crippen MR) is 163 cm³/mol. The first-order valence-corrected chi connectivity index (χ1v) is 14.3. The van der Waals surface area contributed by atoms with Crippen molar-refractivity contribution in [1.29, 1.82) is 0 Å². The van der Waals surface area contributed by atoms with Crippen molar-refractivity contribution in [3.63, 3.8) is 0 Å². The summed E-state index contributed by atoms with van der Waals surface area (Å²) < 4.78 is 1.78. The molecule has 1 fully saturated rings. The fourth-order valence-corrected chi connectivity index (χ4v) is 5.00. The van der Waals surface area contributed by atoms with Crippen molar-refractivity contribution in [2.75, 3.05) is 36.8 Å². The van der Waals surface area contributed by atoms with E-state index in [1.807, 2.05) is 55.5 Å². The number of nitrogens with one attached hydrogen (secondary N) is 3. The minimum Gasteiger partial charge on any atom is -0.349 e. The lowest BCUT2D eigenvalue weighted by atomic mass is 9.89. The molecule has 3 amide bonds. The van der Waals surface area contributed by atoms with Gasteiger partial charge in [0.2, 0.25) is 5.91 Å². The maximum atomic E-state index is 13.2. The molecule has 4 rings (SSSR count). The molecule has 0 aliphatic carbocycles. The number of amides is 3. The molecule has 1 aromatic heterocycles. The number of aryl methyl sites for hydroxylation is 1. The summed E-state index contributed by atoms with van der Waals surface area (Å²) in [4.78, 5) is 38.6. The number of para-hydroxylation sites is 1. The molecule has 9 heteroatoms. The summed E-state index contributed by atoms with van der Waals surface area (Å²) >= 11 is 0. The van der Waals surface area contributed by atoms with Gasteiger partial charge in [-0.15, -0.1) is 0 Å². The number of hydrogen-bond acceptors (Lipinski definition) is 5. The molecule has 0 unspecified atom stereocenters. The zero-order valence-corrected chi connectivity index (χ0v) is 24.8. The third-order valence-corrected chi connectivity index (χ3v) is 7.41. The molecule has 3 N–H and O–H groups in total. The first-order valence-electron chi connectivity index (χ1n) is 14.3. The summed E-state index contributed by atoms with van der Waals surface area (Å²) in [6.07, 6.45) is 2.79. The molecule has 1 aliphatic rings. The third kappa shape index (κ3) is 8.50. The summed E-state index contributed by atoms with van der Waals surface area (Å²) in [5.74, 6) is 0.899. The van der Waals surface area contributed by atoms with Crippen LogP contribution >= 0.6 is 0 Å². The van der Waals surface area contributed by atoms with E-state index in [9.17, 15) is 14.4 Å². The van der Waals surface area contributed by atoms with E-state index in [1.54, 1.807) is 4.68 Å². The molecule has 2 aromatic carbocycles. The smallest absolute Gasteiger partial charge is 0.324 e. The molecule has 41 heavy (non-hydrogen) atoms. The van der Waals surface area contributed by atoms with Crippen molar-refractivity contribution >= 4 is 29.2 Å². The number of ketones is 1. The van der Waals surface area contributed by atoms with E-state index in [1.165, 1.54) is 6.92 Å². The molecule has 0 atom stereocenters. The van der Waals surface area contributed by atoms with Gasteiger partial charge < -0.3 is 10.6 Å². The van der Waals surface area contributed by atoms with Crippen molar-refractivity contribution in [3.8, 4) is 5.69 Å². The first-order chi connectivity index (χ1) is 19.5. The molecule has 9 nitrogen and oxygen atoms in total. The quantitative estimate of drug-likeness (QED) is 0.339. The minimum atomic E-state index is -0.321. The van der Waals surface area contributed by atoms with E-state index in [2.05, 4.69) is 47.7 Å². The first kappa shape index (κ1) is 30.0. The van der Waals surface area contributed by atoms with Gasteiger partial charge in [-0.3, -0.25) is 19.8 Å². The zero-order valence-electron chi connectivity index (χ0n) is 24.8. The highest BCUT2D eigenvalue weighted by Crippen LogP contribution is 2.28. The Morgan fingerprint density at radius 2 is 1.66 bits per heavy atom. The molecule has 0 radical (unpaired) electrons. The Morgan fingerprint density at radius 3 is 2.32 bits per heavy atom. The number of piperidine rings is 1. The Morgan fingerprint density at radius 1 is 0.976 bits per heavy atom. The van der Waals surface area contributed by atoms with Crippen molar-refractivity contribution in [1.82, 2.24) is 20.0 Å². The summed E-state index contributed by atoms with van der Waals surface area (Å²) in [5, 5.41) is 13.5. The van der Waals surface area contributed by atoms with Gasteiger partial charge in [0.25, 0.3) is 0 Å². The SMILES string of the molecule is CC(=O)NCC(=O)CN1CCC(Cc2ccccc2NC(=O)Nc2cc(C(C)(C)C)nn2-c2ccc(C)cc2)CC1. The van der Waals surface area contributed by atoms with Crippen LogP contribution in [0, 0.1) is 12.8 Å². The van der Waals surface area contributed by atoms with E-state index >= 15 is 0 Å². The topological polar surface area (TPSA) is 108 Å². The minimum absolute atomic E-state index is 0.0255. The van der Waals surface area contributed by atoms with Crippen LogP contribution in [-0.2, 0) is 21.4 Å². The van der Waals surface area contributed by atoms with Crippen LogP contribution in [0.3, 0.4) is 0 Å². The molecule has 1 saturated heterocycles. The monoisotopic (exact) mass is 558 g/mol. The molecular weight excluding hydrogens is 516 g/mol. The van der Waals surface area contributed by atoms with Crippen LogP contribution in [0.15, 0.2) is 54.6 Å². The fraction of sp³-hybridized carbons (Fsp3) is 0.438. The number of rotatable bonds is 9. The molecule has 0 bridgehead atoms. The second kappa shape index (κ2) is 13.1. The Hall–Kier alpha value is -3.98. The summed E-state index contributed by atoms with van der Waals surface area (Å²) in [5.41, 5.74) is 4.62. The van der Waals surface area contributed by atoms with Crippen molar-refractivity contribution in [2.45, 2.75) is 59.3 Å². The van der Waals surface area contributed by atoms with Gasteiger partial charge in [-0.25, -0.2) is 9.48 Å². The Bertz CT molecular complexity index is 1360. The molecule has 0 spiro atoms. The van der Waals surface area contributed by atoms with Crippen LogP contribution in [0.5, 0.6) is 0 Å². The number of urea groups is 1. The van der Waals surface area contributed by atoms with Gasteiger partial charge in [-0.2, -0.15) is 5.10 Å². The number of benzene rings is 2. The fourth-order valence-electron chi connectivity index (χ4n) is 5.00. The lowest BCUT2D eigenvalue weighted by Gasteiger charge is -2.31. The normalized spacial score (nSPS) is 14.5. The molecule has 3 aromatic rings. The van der Waals surface area contributed by atoms with Crippen LogP contribution in [0.1, 0.15) is 57.4 Å². The second-order valence-electron chi connectivity index (χ2n) is 12.0. The largest absolute Gasteiger partial charge is 0.349 e. The van der Waals surface area contributed by atoms with Gasteiger partial charge in [0.1, 0.15) is 5.82 Å². The maximum absolute atomic E-state index is 13.2. The number of anilines is 2. The summed E-state index contributed by atoms with van der Waals surface area (Å²) in [6, 6.07) is 17.6. The lowest BCUT2D eigenvalue weighted by Crippen LogP contribution is -2.40. The Labute approximate surface area is 242 Å². The summed E-state index contributed by atoms with van der Waals surface area (Å²) in [6.45, 7) is 11.9. The predicted octanol–water partition coefficient (Wildman–Crippen LogP) is 5.08. The molecule has 218 valence electrons. The average Bonchev–Trinajstić information content (AvgIpc) is 3.34. The third-order valence-electron chi connectivity index (χ3n) is 7.41. The zero-order chi connectivity index (χ0) is 29.6. The van der Waals surface area contributed by atoms with Crippen LogP contribution < -0.4 is 16.0 Å². The highest BCUT2D eigenvalue weighted by molar-refractivity contribution is 6.00. The van der Waals surface area contributed by atoms with Crippen LogP contribution in [0.4, 0.5) is 16.3 Å². The maximum Gasteiger partial charge on any atom is 0.324 e. The van der Waals surface area contributed by atoms with Crippen molar-refractivity contribution < 1.29 is 14.4 Å². The van der Waals surface area contributed by atoms with Crippen LogP contribution in [-0.4, -0.2) is 58.6 Å². The van der Waals surface area contributed by atoms with E-state index in [4.69, 9.17) is 5.10 Å². The number of likely N-dealkylation sites (tertiary alicyclic amines) is 1. The van der Waals surface area contributed by atoms with E-state index in [0.29, 0.717) is 18.3 Å². The van der Waals surface area contributed by atoms with E-state index < -0.39 is 0 Å². The van der Waals surface area contributed by atoms with Crippen LogP contribution in [0.25, 0.3) is 5.69 Å². The lowest BCUT2D eigenvalue weighted by molar-refractivity contribution is -0.124. The number of carbonyl (C=O) groups excluding carboxylic acids is 3. The molecule has 0 saturated carbocycles. The Balaban J connectivity index is 1.38. The number of aromatic nitrogens is 2. The molecule has 2 heterocycles. The van der Waals surface area contributed by atoms with Gasteiger partial charge in [-0.05, 0) is 69.0 Å². The van der Waals surface area contributed by atoms with Gasteiger partial charge in [0.15, 0.2) is 5.78 Å².